The van der Waals surface area contributed by atoms with E-state index in [4.69, 9.17) is 0 Å². The van der Waals surface area contributed by atoms with E-state index in [-0.39, 0.29) is 0 Å². The second-order valence-corrected chi connectivity index (χ2v) is 5.99. The molecule has 1 heteroatoms. The summed E-state index contributed by atoms with van der Waals surface area (Å²) >= 11 is 0. The molecule has 0 aliphatic heterocycles. The van der Waals surface area contributed by atoms with Crippen molar-refractivity contribution in [2.24, 2.45) is 0 Å². The van der Waals surface area contributed by atoms with Gasteiger partial charge in [0.2, 0.25) is 0 Å². The van der Waals surface area contributed by atoms with Gasteiger partial charge in [-0.05, 0) is 47.9 Å². The molecule has 0 bridgehead atoms. The molecule has 1 atom stereocenters. The van der Waals surface area contributed by atoms with Crippen LogP contribution >= 0.6 is 0 Å². The van der Waals surface area contributed by atoms with Crippen molar-refractivity contribution in [1.29, 1.82) is 0 Å². The smallest absolute Gasteiger partial charge is 0.00203 e. The summed E-state index contributed by atoms with van der Waals surface area (Å²) in [6.07, 6.45) is 1.08. The zero-order chi connectivity index (χ0) is 15.4. The number of aryl methyl sites for hydroxylation is 1. The Morgan fingerprint density at radius 1 is 0.864 bits per heavy atom. The Balaban J connectivity index is 1.93. The minimum absolute atomic E-state index is 0.496. The zero-order valence-electron chi connectivity index (χ0n) is 13.3. The fraction of sp³-hybridized carbons (Fsp3) is 0.238. The summed E-state index contributed by atoms with van der Waals surface area (Å²) in [5.74, 6) is 0.496. The second kappa shape index (κ2) is 6.76. The number of nitrogens with one attached hydrogen (secondary N) is 1. The van der Waals surface area contributed by atoms with Crippen LogP contribution in [0.3, 0.4) is 0 Å². The number of rotatable bonds is 5. The number of benzene rings is 3. The molecule has 22 heavy (non-hydrogen) atoms. The summed E-state index contributed by atoms with van der Waals surface area (Å²) in [4.78, 5) is 0. The van der Waals surface area contributed by atoms with Crippen molar-refractivity contribution in [3.63, 3.8) is 0 Å². The molecule has 112 valence electrons. The SMILES string of the molecule is CNCC(Cc1ccccc1C)c1ccc2ccccc2c1. The van der Waals surface area contributed by atoms with Crippen LogP contribution in [0.15, 0.2) is 66.7 Å². The van der Waals surface area contributed by atoms with Gasteiger partial charge in [0.1, 0.15) is 0 Å². The highest BCUT2D eigenvalue weighted by Gasteiger charge is 2.13. The minimum Gasteiger partial charge on any atom is -0.319 e. The van der Waals surface area contributed by atoms with Gasteiger partial charge in [-0.25, -0.2) is 0 Å². The van der Waals surface area contributed by atoms with E-state index < -0.39 is 0 Å². The largest absolute Gasteiger partial charge is 0.319 e. The number of likely N-dealkylation sites (N-methyl/N-ethyl adjacent to an activating group) is 1. The summed E-state index contributed by atoms with van der Waals surface area (Å²) < 4.78 is 0. The van der Waals surface area contributed by atoms with Crippen LogP contribution in [0.1, 0.15) is 22.6 Å². The fourth-order valence-corrected chi connectivity index (χ4v) is 3.12. The van der Waals surface area contributed by atoms with E-state index in [1.54, 1.807) is 0 Å². The van der Waals surface area contributed by atoms with Gasteiger partial charge in [0.25, 0.3) is 0 Å². The summed E-state index contributed by atoms with van der Waals surface area (Å²) in [6, 6.07) is 24.1. The molecule has 0 aliphatic carbocycles. The minimum atomic E-state index is 0.496. The van der Waals surface area contributed by atoms with Crippen LogP contribution in [0.25, 0.3) is 10.8 Å². The first kappa shape index (κ1) is 14.8. The van der Waals surface area contributed by atoms with Crippen LogP contribution in [0.4, 0.5) is 0 Å². The average molecular weight is 289 g/mol. The van der Waals surface area contributed by atoms with Crippen LogP contribution in [-0.2, 0) is 6.42 Å². The molecule has 0 radical (unpaired) electrons. The Hall–Kier alpha value is -2.12. The fourth-order valence-electron chi connectivity index (χ4n) is 3.12. The molecule has 0 fully saturated rings. The lowest BCUT2D eigenvalue weighted by atomic mass is 9.89. The molecule has 3 aromatic carbocycles. The lowest BCUT2D eigenvalue weighted by Gasteiger charge is -2.19. The lowest BCUT2D eigenvalue weighted by molar-refractivity contribution is 0.625. The van der Waals surface area contributed by atoms with Crippen molar-refractivity contribution in [2.75, 3.05) is 13.6 Å². The predicted molar refractivity (Wildman–Crippen MR) is 95.5 cm³/mol. The van der Waals surface area contributed by atoms with Gasteiger partial charge in [-0.2, -0.15) is 0 Å². The van der Waals surface area contributed by atoms with E-state index in [0.29, 0.717) is 5.92 Å². The standard InChI is InChI=1S/C21H23N/c1-16-7-3-4-9-18(16)13-21(15-22-2)20-12-11-17-8-5-6-10-19(17)14-20/h3-12,14,21-22H,13,15H2,1-2H3. The highest BCUT2D eigenvalue weighted by molar-refractivity contribution is 5.83. The van der Waals surface area contributed by atoms with E-state index in [0.717, 1.165) is 13.0 Å². The monoisotopic (exact) mass is 289 g/mol. The summed E-state index contributed by atoms with van der Waals surface area (Å²) in [5.41, 5.74) is 4.23. The Kier molecular flexibility index (Phi) is 4.55. The van der Waals surface area contributed by atoms with E-state index in [9.17, 15) is 0 Å². The normalized spacial score (nSPS) is 12.5. The second-order valence-electron chi connectivity index (χ2n) is 5.99. The van der Waals surface area contributed by atoms with Gasteiger partial charge in [0, 0.05) is 12.5 Å². The maximum atomic E-state index is 3.35. The lowest BCUT2D eigenvalue weighted by Crippen LogP contribution is -2.19. The molecule has 3 rings (SSSR count). The van der Waals surface area contributed by atoms with E-state index in [1.807, 2.05) is 7.05 Å². The maximum absolute atomic E-state index is 3.35. The predicted octanol–water partition coefficient (Wildman–Crippen LogP) is 4.69. The Bertz CT molecular complexity index is 760. The Morgan fingerprint density at radius 3 is 2.36 bits per heavy atom. The molecule has 0 aromatic heterocycles. The molecule has 0 spiro atoms. The molecule has 0 saturated carbocycles. The molecule has 0 heterocycles. The first-order valence-electron chi connectivity index (χ1n) is 7.96. The molecular formula is C21H23N. The van der Waals surface area contributed by atoms with Gasteiger partial charge in [-0.3, -0.25) is 0 Å². The number of fused-ring (bicyclic) bond motifs is 1. The van der Waals surface area contributed by atoms with E-state index in [2.05, 4.69) is 79.0 Å². The third-order valence-electron chi connectivity index (χ3n) is 4.42. The third kappa shape index (κ3) is 3.20. The average Bonchev–Trinajstić information content (AvgIpc) is 2.56. The van der Waals surface area contributed by atoms with Crippen molar-refractivity contribution < 1.29 is 0 Å². The number of hydrogen-bond donors (Lipinski definition) is 1. The highest BCUT2D eigenvalue weighted by Crippen LogP contribution is 2.25. The summed E-state index contributed by atoms with van der Waals surface area (Å²) in [7, 11) is 2.03. The maximum Gasteiger partial charge on any atom is 0.00203 e. The Labute approximate surface area is 133 Å². The summed E-state index contributed by atoms with van der Waals surface area (Å²) in [5, 5.41) is 5.99. The highest BCUT2D eigenvalue weighted by atomic mass is 14.8. The quantitative estimate of drug-likeness (QED) is 0.718. The van der Waals surface area contributed by atoms with Gasteiger partial charge >= 0.3 is 0 Å². The Morgan fingerprint density at radius 2 is 1.59 bits per heavy atom. The molecule has 0 aliphatic rings. The first-order chi connectivity index (χ1) is 10.8. The van der Waals surface area contributed by atoms with Crippen LogP contribution in [0.2, 0.25) is 0 Å². The van der Waals surface area contributed by atoms with Crippen LogP contribution in [-0.4, -0.2) is 13.6 Å². The van der Waals surface area contributed by atoms with Gasteiger partial charge in [-0.1, -0.05) is 66.7 Å². The topological polar surface area (TPSA) is 12.0 Å². The van der Waals surface area contributed by atoms with E-state index in [1.165, 1.54) is 27.5 Å². The van der Waals surface area contributed by atoms with Crippen molar-refractivity contribution in [3.8, 4) is 0 Å². The van der Waals surface area contributed by atoms with Crippen LogP contribution in [0, 0.1) is 6.92 Å². The van der Waals surface area contributed by atoms with Crippen molar-refractivity contribution in [2.45, 2.75) is 19.3 Å². The number of hydrogen-bond acceptors (Lipinski definition) is 1. The molecule has 1 unspecified atom stereocenters. The molecule has 0 amide bonds. The summed E-state index contributed by atoms with van der Waals surface area (Å²) in [6.45, 7) is 3.19. The molecule has 1 nitrogen and oxygen atoms in total. The third-order valence-corrected chi connectivity index (χ3v) is 4.42. The van der Waals surface area contributed by atoms with Crippen molar-refractivity contribution in [1.82, 2.24) is 5.32 Å². The van der Waals surface area contributed by atoms with Gasteiger partial charge in [-0.15, -0.1) is 0 Å². The van der Waals surface area contributed by atoms with Gasteiger partial charge in [0.05, 0.1) is 0 Å². The molecule has 3 aromatic rings. The van der Waals surface area contributed by atoms with Crippen molar-refractivity contribution in [3.05, 3.63) is 83.4 Å². The molecular weight excluding hydrogens is 266 g/mol. The van der Waals surface area contributed by atoms with Crippen LogP contribution < -0.4 is 5.32 Å². The van der Waals surface area contributed by atoms with Gasteiger partial charge in [0.15, 0.2) is 0 Å². The zero-order valence-corrected chi connectivity index (χ0v) is 13.3. The molecule has 0 saturated heterocycles. The van der Waals surface area contributed by atoms with Crippen molar-refractivity contribution >= 4 is 10.8 Å². The van der Waals surface area contributed by atoms with Gasteiger partial charge < -0.3 is 5.32 Å². The van der Waals surface area contributed by atoms with E-state index >= 15 is 0 Å². The van der Waals surface area contributed by atoms with Crippen LogP contribution in [0.5, 0.6) is 0 Å². The molecule has 1 N–H and O–H groups in total. The first-order valence-corrected chi connectivity index (χ1v) is 7.96.